The van der Waals surface area contributed by atoms with E-state index in [2.05, 4.69) is 15.3 Å². The van der Waals surface area contributed by atoms with Gasteiger partial charge in [-0.2, -0.15) is 4.39 Å². The number of rotatable bonds is 12. The number of pyridine rings is 2. The van der Waals surface area contributed by atoms with Crippen molar-refractivity contribution < 1.29 is 37.8 Å². The van der Waals surface area contributed by atoms with Crippen LogP contribution in [0.5, 0.6) is 11.5 Å². The minimum atomic E-state index is -1.03. The Morgan fingerprint density at radius 1 is 0.820 bits per heavy atom. The van der Waals surface area contributed by atoms with Crippen molar-refractivity contribution in [3.8, 4) is 33.9 Å². The molecule has 1 saturated heterocycles. The molecule has 7 rings (SSSR count). The number of halogens is 1. The predicted octanol–water partition coefficient (Wildman–Crippen LogP) is 4.64. The van der Waals surface area contributed by atoms with E-state index in [1.54, 1.807) is 19.2 Å². The number of imide groups is 2. The highest BCUT2D eigenvalue weighted by molar-refractivity contribution is 6.23. The van der Waals surface area contributed by atoms with Gasteiger partial charge in [-0.05, 0) is 67.3 Å². The number of hydrogen-bond acceptors (Lipinski definition) is 9. The van der Waals surface area contributed by atoms with Gasteiger partial charge < -0.3 is 18.6 Å². The van der Waals surface area contributed by atoms with E-state index in [0.29, 0.717) is 42.0 Å². The molecule has 5 heterocycles. The van der Waals surface area contributed by atoms with Gasteiger partial charge in [-0.1, -0.05) is 24.3 Å². The Morgan fingerprint density at radius 3 is 2.36 bits per heavy atom. The van der Waals surface area contributed by atoms with Crippen molar-refractivity contribution in [1.29, 1.82) is 0 Å². The number of benzene rings is 2. The number of methoxy groups -OCH3 is 1. The molecule has 0 spiro atoms. The van der Waals surface area contributed by atoms with Crippen LogP contribution in [0.1, 0.15) is 45.7 Å². The molecule has 1 unspecified atom stereocenters. The predicted molar refractivity (Wildman–Crippen MR) is 178 cm³/mol. The zero-order valence-electron chi connectivity index (χ0n) is 27.1. The second kappa shape index (κ2) is 13.9. The van der Waals surface area contributed by atoms with Crippen LogP contribution in [0.3, 0.4) is 0 Å². The average molecular weight is 678 g/mol. The quantitative estimate of drug-likeness (QED) is 0.114. The first kappa shape index (κ1) is 32.6. The normalized spacial score (nSPS) is 15.8. The van der Waals surface area contributed by atoms with Crippen LogP contribution in [-0.4, -0.2) is 75.9 Å². The van der Waals surface area contributed by atoms with Crippen molar-refractivity contribution in [2.75, 3.05) is 26.9 Å². The van der Waals surface area contributed by atoms with Gasteiger partial charge >= 0.3 is 0 Å². The van der Waals surface area contributed by atoms with Crippen LogP contribution in [0.15, 0.2) is 79.1 Å². The highest BCUT2D eigenvalue weighted by Crippen LogP contribution is 2.31. The summed E-state index contributed by atoms with van der Waals surface area (Å²) in [6, 6.07) is 18.3. The van der Waals surface area contributed by atoms with Gasteiger partial charge in [-0.25, -0.2) is 9.97 Å². The van der Waals surface area contributed by atoms with Crippen molar-refractivity contribution >= 4 is 29.3 Å². The van der Waals surface area contributed by atoms with Gasteiger partial charge in [0, 0.05) is 36.0 Å². The number of fused-ring (bicyclic) bond motifs is 2. The lowest BCUT2D eigenvalue weighted by atomic mass is 10.0. The highest BCUT2D eigenvalue weighted by atomic mass is 19.1. The number of hydrogen-bond donors (Lipinski definition) is 1. The minimum Gasteiger partial charge on any atom is -0.495 e. The summed E-state index contributed by atoms with van der Waals surface area (Å²) in [4.78, 5) is 59.3. The third kappa shape index (κ3) is 6.54. The largest absolute Gasteiger partial charge is 0.495 e. The summed E-state index contributed by atoms with van der Waals surface area (Å²) in [6.07, 6.45) is 5.07. The molecule has 0 saturated carbocycles. The van der Waals surface area contributed by atoms with Crippen LogP contribution in [0, 0.1) is 5.95 Å². The van der Waals surface area contributed by atoms with Crippen LogP contribution in [0.25, 0.3) is 28.0 Å². The zero-order valence-corrected chi connectivity index (χ0v) is 27.1. The lowest BCUT2D eigenvalue weighted by Crippen LogP contribution is -2.54. The third-order valence-electron chi connectivity index (χ3n) is 8.69. The van der Waals surface area contributed by atoms with E-state index in [0.717, 1.165) is 27.6 Å². The lowest BCUT2D eigenvalue weighted by Gasteiger charge is -2.27. The van der Waals surface area contributed by atoms with Crippen LogP contribution in [0.4, 0.5) is 4.39 Å². The number of imidazole rings is 1. The van der Waals surface area contributed by atoms with Crippen LogP contribution in [0.2, 0.25) is 0 Å². The number of carbonyl (C=O) groups excluding carboxylic acids is 4. The van der Waals surface area contributed by atoms with E-state index in [1.165, 1.54) is 12.1 Å². The fourth-order valence-electron chi connectivity index (χ4n) is 6.09. The van der Waals surface area contributed by atoms with E-state index >= 15 is 4.39 Å². The summed E-state index contributed by atoms with van der Waals surface area (Å²) in [5.74, 6) is -1.69. The van der Waals surface area contributed by atoms with Gasteiger partial charge in [-0.15, -0.1) is 0 Å². The first-order valence-corrected chi connectivity index (χ1v) is 16.1. The van der Waals surface area contributed by atoms with Crippen molar-refractivity contribution in [3.63, 3.8) is 0 Å². The molecule has 0 aliphatic carbocycles. The van der Waals surface area contributed by atoms with E-state index in [4.69, 9.17) is 14.2 Å². The molecule has 3 aromatic heterocycles. The number of carbonyl (C=O) groups is 4. The monoisotopic (exact) mass is 677 g/mol. The van der Waals surface area contributed by atoms with Gasteiger partial charge in [0.2, 0.25) is 17.8 Å². The number of piperidine rings is 1. The summed E-state index contributed by atoms with van der Waals surface area (Å²) < 4.78 is 33.6. The summed E-state index contributed by atoms with van der Waals surface area (Å²) in [5, 5.41) is 2.18. The fourth-order valence-corrected chi connectivity index (χ4v) is 6.09. The summed E-state index contributed by atoms with van der Waals surface area (Å²) in [5.41, 5.74) is 4.57. The molecule has 2 aliphatic rings. The number of amides is 4. The smallest absolute Gasteiger partial charge is 0.262 e. The van der Waals surface area contributed by atoms with Gasteiger partial charge in [0.25, 0.3) is 11.8 Å². The Bertz CT molecular complexity index is 2130. The Labute approximate surface area is 285 Å². The maximum Gasteiger partial charge on any atom is 0.262 e. The number of nitrogens with one attached hydrogen (secondary N) is 1. The van der Waals surface area contributed by atoms with Gasteiger partial charge in [0.05, 0.1) is 36.7 Å². The molecular formula is C37H32FN5O7. The maximum atomic E-state index is 15.0. The molecule has 5 aromatic rings. The fraction of sp³-hybridized carbons (Fsp3) is 0.243. The molecule has 2 aliphatic heterocycles. The maximum absolute atomic E-state index is 15.0. The second-order valence-corrected chi connectivity index (χ2v) is 11.9. The van der Waals surface area contributed by atoms with Gasteiger partial charge in [-0.3, -0.25) is 29.4 Å². The Kier molecular flexibility index (Phi) is 9.05. The minimum absolute atomic E-state index is 0.0526. The summed E-state index contributed by atoms with van der Waals surface area (Å²) >= 11 is 0. The molecule has 0 radical (unpaired) electrons. The Balaban J connectivity index is 0.859. The SMILES string of the molecule is COc1ccc2nc(-c3ccc(-c4ccc(CCCOCCOc5ccc6c(c5)C(=O)N(C5CCC(=O)NC5=O)C6=O)nc4F)cc3)cn2c1. The van der Waals surface area contributed by atoms with Crippen LogP contribution < -0.4 is 14.8 Å². The highest BCUT2D eigenvalue weighted by Gasteiger charge is 2.44. The summed E-state index contributed by atoms with van der Waals surface area (Å²) in [7, 11) is 1.62. The van der Waals surface area contributed by atoms with E-state index in [-0.39, 0.29) is 37.2 Å². The molecule has 1 fully saturated rings. The Morgan fingerprint density at radius 2 is 1.58 bits per heavy atom. The first-order valence-electron chi connectivity index (χ1n) is 16.1. The third-order valence-corrected chi connectivity index (χ3v) is 8.69. The lowest BCUT2D eigenvalue weighted by molar-refractivity contribution is -0.136. The molecule has 1 atom stereocenters. The molecule has 254 valence electrons. The number of aromatic nitrogens is 3. The standard InChI is InChI=1S/C37H32FN5O7/c1-48-26-10-14-32-40-30(21-42(32)20-26)23-6-4-22(5-7-23)27-11-8-24(39-34(27)38)3-2-16-49-17-18-50-25-9-12-28-29(19-25)37(47)43(36(28)46)31-13-15-33(44)41-35(31)45/h4-12,14,19-21,31H,2-3,13,15-18H2,1H3,(H,41,44,45). The van der Waals surface area contributed by atoms with Crippen molar-refractivity contribution in [1.82, 2.24) is 24.6 Å². The molecule has 4 amide bonds. The van der Waals surface area contributed by atoms with Crippen molar-refractivity contribution in [2.24, 2.45) is 0 Å². The number of aryl methyl sites for hydroxylation is 1. The summed E-state index contributed by atoms with van der Waals surface area (Å²) in [6.45, 7) is 0.875. The van der Waals surface area contributed by atoms with Crippen molar-refractivity contribution in [2.45, 2.75) is 31.7 Å². The zero-order chi connectivity index (χ0) is 34.8. The average Bonchev–Trinajstić information content (AvgIpc) is 3.65. The molecule has 12 nitrogen and oxygen atoms in total. The first-order chi connectivity index (χ1) is 24.3. The number of nitrogens with zero attached hydrogens (tertiary/aromatic N) is 4. The second-order valence-electron chi connectivity index (χ2n) is 11.9. The topological polar surface area (TPSA) is 141 Å². The van der Waals surface area contributed by atoms with Gasteiger partial charge in [0.15, 0.2) is 0 Å². The van der Waals surface area contributed by atoms with E-state index < -0.39 is 35.6 Å². The van der Waals surface area contributed by atoms with Crippen LogP contribution in [-0.2, 0) is 20.7 Å². The van der Waals surface area contributed by atoms with E-state index in [1.807, 2.05) is 59.3 Å². The molecule has 13 heteroatoms. The van der Waals surface area contributed by atoms with Gasteiger partial charge in [0.1, 0.15) is 29.8 Å². The Hall–Kier alpha value is -5.95. The molecular weight excluding hydrogens is 645 g/mol. The molecule has 0 bridgehead atoms. The number of ether oxygens (including phenoxy) is 3. The van der Waals surface area contributed by atoms with Crippen LogP contribution >= 0.6 is 0 Å². The van der Waals surface area contributed by atoms with Crippen molar-refractivity contribution in [3.05, 3.63) is 102 Å². The molecule has 50 heavy (non-hydrogen) atoms. The molecule has 2 aromatic carbocycles. The molecule has 1 N–H and O–H groups in total. The van der Waals surface area contributed by atoms with E-state index in [9.17, 15) is 19.2 Å².